The lowest BCUT2D eigenvalue weighted by Gasteiger charge is -2.33. The lowest BCUT2D eigenvalue weighted by Crippen LogP contribution is -2.43. The highest BCUT2D eigenvalue weighted by Crippen LogP contribution is 2.02. The maximum absolute atomic E-state index is 5.46. The van der Waals surface area contributed by atoms with Crippen LogP contribution in [0.5, 0.6) is 0 Å². The van der Waals surface area contributed by atoms with Crippen LogP contribution in [0.25, 0.3) is 0 Å². The lowest BCUT2D eigenvalue weighted by atomic mass is 10.4. The van der Waals surface area contributed by atoms with Gasteiger partial charge in [-0.15, -0.1) is 13.1 Å². The Morgan fingerprint density at radius 3 is 2.09 bits per heavy atom. The molecule has 1 nitrogen and oxygen atoms in total. The summed E-state index contributed by atoms with van der Waals surface area (Å²) in [5.41, 5.74) is 0. The average Bonchev–Trinajstić information content (AvgIpc) is 2.06. The van der Waals surface area contributed by atoms with Crippen molar-refractivity contribution in [3.8, 4) is 0 Å². The second kappa shape index (κ2) is 3.20. The molecule has 0 fully saturated rings. The molecular weight excluding hydrogens is 152 g/mol. The van der Waals surface area contributed by atoms with Crippen LogP contribution in [0.4, 0.5) is 0 Å². The summed E-state index contributed by atoms with van der Waals surface area (Å²) in [5.74, 6) is 0. The van der Waals surface area contributed by atoms with Crippen molar-refractivity contribution in [3.63, 3.8) is 0 Å². The highest BCUT2D eigenvalue weighted by atomic mass is 28.4. The molecule has 0 N–H and O–H groups in total. The molecule has 0 saturated carbocycles. The maximum atomic E-state index is 5.46. The summed E-state index contributed by atoms with van der Waals surface area (Å²) in [5, 5.41) is 1.35. The van der Waals surface area contributed by atoms with Gasteiger partial charge in [-0.25, -0.2) is 0 Å². The summed E-state index contributed by atoms with van der Waals surface area (Å²) >= 11 is 0. The minimum absolute atomic E-state index is 1.35. The van der Waals surface area contributed by atoms with Crippen LogP contribution < -0.4 is 5.19 Å². The molecule has 0 aliphatic heterocycles. The fraction of sp³-hybridized carbons (Fsp3) is 0.333. The normalized spacial score (nSPS) is 11.5. The molecule has 0 amide bonds. The van der Waals surface area contributed by atoms with E-state index in [4.69, 9.17) is 4.43 Å². The van der Waals surface area contributed by atoms with E-state index in [-0.39, 0.29) is 0 Å². The van der Waals surface area contributed by atoms with Crippen molar-refractivity contribution >= 4 is 13.5 Å². The van der Waals surface area contributed by atoms with E-state index in [1.807, 2.05) is 6.07 Å². The van der Waals surface area contributed by atoms with Crippen LogP contribution in [0.15, 0.2) is 30.3 Å². The minimum atomic E-state index is -1.55. The minimum Gasteiger partial charge on any atom is -0.564 e. The van der Waals surface area contributed by atoms with E-state index >= 15 is 0 Å². The second-order valence-electron chi connectivity index (χ2n) is 3.08. The Hall–Kier alpha value is -0.603. The molecule has 0 aromatic heterocycles. The first kappa shape index (κ1) is 8.49. The van der Waals surface area contributed by atoms with Crippen LogP contribution in [0.2, 0.25) is 13.1 Å². The van der Waals surface area contributed by atoms with Gasteiger partial charge in [0.2, 0.25) is 0 Å². The SMILES string of the molecule is CO[Si-](C)(C)c1ccccc1. The van der Waals surface area contributed by atoms with Gasteiger partial charge in [-0.2, -0.15) is 5.19 Å². The van der Waals surface area contributed by atoms with E-state index in [2.05, 4.69) is 37.4 Å². The number of benzene rings is 1. The van der Waals surface area contributed by atoms with Crippen molar-refractivity contribution in [2.45, 2.75) is 13.1 Å². The van der Waals surface area contributed by atoms with Crippen LogP contribution in [0.3, 0.4) is 0 Å². The third kappa shape index (κ3) is 1.91. The van der Waals surface area contributed by atoms with Gasteiger partial charge < -0.3 is 4.43 Å². The average molecular weight is 166 g/mol. The lowest BCUT2D eigenvalue weighted by molar-refractivity contribution is 0.416. The Labute approximate surface area is 69.1 Å². The molecule has 11 heavy (non-hydrogen) atoms. The highest BCUT2D eigenvalue weighted by molar-refractivity contribution is 6.84. The van der Waals surface area contributed by atoms with Gasteiger partial charge >= 0.3 is 0 Å². The zero-order valence-electron chi connectivity index (χ0n) is 7.29. The third-order valence-corrected chi connectivity index (χ3v) is 4.72. The van der Waals surface area contributed by atoms with E-state index in [1.165, 1.54) is 5.19 Å². The van der Waals surface area contributed by atoms with Crippen LogP contribution in [-0.2, 0) is 4.43 Å². The molecule has 0 heterocycles. The van der Waals surface area contributed by atoms with Gasteiger partial charge in [0.25, 0.3) is 0 Å². The smallest absolute Gasteiger partial charge is 0.00930 e. The molecule has 61 valence electrons. The van der Waals surface area contributed by atoms with Crippen LogP contribution >= 0.6 is 0 Å². The first-order valence-electron chi connectivity index (χ1n) is 3.77. The van der Waals surface area contributed by atoms with Gasteiger partial charge in [-0.3, -0.25) is 0 Å². The third-order valence-electron chi connectivity index (χ3n) is 1.98. The summed E-state index contributed by atoms with van der Waals surface area (Å²) in [6.45, 7) is 4.39. The van der Waals surface area contributed by atoms with E-state index in [0.29, 0.717) is 0 Å². The molecule has 0 spiro atoms. The number of hydrogen-bond donors (Lipinski definition) is 0. The quantitative estimate of drug-likeness (QED) is 0.608. The molecule has 0 saturated heterocycles. The van der Waals surface area contributed by atoms with Gasteiger partial charge in [0.05, 0.1) is 0 Å². The number of hydrogen-bond acceptors (Lipinski definition) is 1. The summed E-state index contributed by atoms with van der Waals surface area (Å²) < 4.78 is 5.46. The topological polar surface area (TPSA) is 9.23 Å². The zero-order chi connectivity index (χ0) is 8.32. The molecule has 2 heteroatoms. The predicted octanol–water partition coefficient (Wildman–Crippen LogP) is 1.75. The Kier molecular flexibility index (Phi) is 2.47. The monoisotopic (exact) mass is 166 g/mol. The van der Waals surface area contributed by atoms with Gasteiger partial charge in [0.1, 0.15) is 0 Å². The fourth-order valence-electron chi connectivity index (χ4n) is 0.957. The van der Waals surface area contributed by atoms with E-state index in [0.717, 1.165) is 0 Å². The van der Waals surface area contributed by atoms with Crippen LogP contribution in [0, 0.1) is 0 Å². The molecule has 1 aromatic carbocycles. The summed E-state index contributed by atoms with van der Waals surface area (Å²) in [6, 6.07) is 10.4. The van der Waals surface area contributed by atoms with Crippen LogP contribution in [-0.4, -0.2) is 15.4 Å². The molecule has 1 aromatic rings. The highest BCUT2D eigenvalue weighted by Gasteiger charge is 2.07. The van der Waals surface area contributed by atoms with E-state index < -0.39 is 8.32 Å². The molecule has 1 rings (SSSR count). The standard InChI is InChI=1S/C9H14OSi/c1-10-11(2,3)9-7-5-4-6-8-9/h4-8H,1-3H3/q-1. The van der Waals surface area contributed by atoms with Crippen molar-refractivity contribution in [3.05, 3.63) is 30.3 Å². The van der Waals surface area contributed by atoms with Crippen molar-refractivity contribution in [2.24, 2.45) is 0 Å². The Bertz CT molecular complexity index is 218. The van der Waals surface area contributed by atoms with Crippen molar-refractivity contribution in [1.82, 2.24) is 0 Å². The van der Waals surface area contributed by atoms with E-state index in [1.54, 1.807) is 7.11 Å². The van der Waals surface area contributed by atoms with Gasteiger partial charge in [0.15, 0.2) is 0 Å². The maximum Gasteiger partial charge on any atom is 0.00930 e. The fourth-order valence-corrected chi connectivity index (χ4v) is 2.19. The molecule has 0 aliphatic carbocycles. The summed E-state index contributed by atoms with van der Waals surface area (Å²) in [7, 11) is 0.238. The molecule has 0 bridgehead atoms. The van der Waals surface area contributed by atoms with Crippen molar-refractivity contribution < 1.29 is 4.43 Å². The van der Waals surface area contributed by atoms with E-state index in [9.17, 15) is 0 Å². The first-order valence-corrected chi connectivity index (χ1v) is 6.68. The number of rotatable bonds is 2. The molecule has 0 aliphatic rings. The van der Waals surface area contributed by atoms with Crippen LogP contribution in [0.1, 0.15) is 0 Å². The first-order chi connectivity index (χ1) is 5.17. The van der Waals surface area contributed by atoms with Gasteiger partial charge in [-0.1, -0.05) is 30.3 Å². The largest absolute Gasteiger partial charge is 0.564 e. The summed E-state index contributed by atoms with van der Waals surface area (Å²) in [4.78, 5) is 0. The van der Waals surface area contributed by atoms with Crippen molar-refractivity contribution in [2.75, 3.05) is 7.11 Å². The molecule has 0 atom stereocenters. The molecule has 0 unspecified atom stereocenters. The Balaban J connectivity index is 2.93. The van der Waals surface area contributed by atoms with Gasteiger partial charge in [0, 0.05) is 8.32 Å². The second-order valence-corrected chi connectivity index (χ2v) is 7.09. The molecule has 0 radical (unpaired) electrons. The van der Waals surface area contributed by atoms with Crippen molar-refractivity contribution in [1.29, 1.82) is 0 Å². The molecular formula is C9H14OSi-. The predicted molar refractivity (Wildman–Crippen MR) is 50.6 cm³/mol. The van der Waals surface area contributed by atoms with Gasteiger partial charge in [-0.05, 0) is 7.11 Å². The summed E-state index contributed by atoms with van der Waals surface area (Å²) in [6.07, 6.45) is 0. The zero-order valence-corrected chi connectivity index (χ0v) is 8.29. The Morgan fingerprint density at radius 1 is 1.09 bits per heavy atom. The Morgan fingerprint density at radius 2 is 1.64 bits per heavy atom.